The molecule has 0 spiro atoms. The molecule has 1 N–H and O–H groups in total. The van der Waals surface area contributed by atoms with Crippen molar-refractivity contribution in [3.05, 3.63) is 71.3 Å². The lowest BCUT2D eigenvalue weighted by atomic mass is 9.78. The van der Waals surface area contributed by atoms with Crippen molar-refractivity contribution in [1.29, 1.82) is 0 Å². The van der Waals surface area contributed by atoms with Gasteiger partial charge in [-0.05, 0) is 17.2 Å². The quantitative estimate of drug-likeness (QED) is 0.873. The monoisotopic (exact) mass is 292 g/mol. The highest BCUT2D eigenvalue weighted by Gasteiger charge is 2.54. The standard InChI is InChI=1S/C18H16N2O2/c1-20-17(22)15-11-18(20,12-7-3-2-4-8-12)14-10-6-5-9-13(14)16(21)19-15/h2-10,15H,11H2,1H3,(H,19,21). The minimum Gasteiger partial charge on any atom is -0.340 e. The molecule has 1 saturated heterocycles. The summed E-state index contributed by atoms with van der Waals surface area (Å²) in [4.78, 5) is 26.8. The van der Waals surface area contributed by atoms with Crippen LogP contribution in [-0.2, 0) is 10.3 Å². The highest BCUT2D eigenvalue weighted by atomic mass is 16.2. The molecule has 0 saturated carbocycles. The van der Waals surface area contributed by atoms with E-state index in [-0.39, 0.29) is 11.8 Å². The predicted molar refractivity (Wildman–Crippen MR) is 82.3 cm³/mol. The van der Waals surface area contributed by atoms with Gasteiger partial charge in [-0.1, -0.05) is 48.5 Å². The van der Waals surface area contributed by atoms with Gasteiger partial charge >= 0.3 is 0 Å². The van der Waals surface area contributed by atoms with Crippen LogP contribution in [0.2, 0.25) is 0 Å². The zero-order chi connectivity index (χ0) is 15.3. The normalized spacial score (nSPS) is 26.4. The topological polar surface area (TPSA) is 49.4 Å². The Morgan fingerprint density at radius 3 is 2.50 bits per heavy atom. The first kappa shape index (κ1) is 13.1. The highest BCUT2D eigenvalue weighted by molar-refractivity contribution is 6.02. The molecule has 2 aliphatic rings. The molecule has 2 heterocycles. The molecule has 4 rings (SSSR count). The number of nitrogens with zero attached hydrogens (tertiary/aromatic N) is 1. The molecule has 0 radical (unpaired) electrons. The second kappa shape index (κ2) is 4.44. The van der Waals surface area contributed by atoms with Crippen molar-refractivity contribution in [3.63, 3.8) is 0 Å². The summed E-state index contributed by atoms with van der Waals surface area (Å²) < 4.78 is 0. The van der Waals surface area contributed by atoms with Crippen LogP contribution in [-0.4, -0.2) is 29.8 Å². The molecule has 2 unspecified atom stereocenters. The lowest BCUT2D eigenvalue weighted by molar-refractivity contribution is -0.130. The van der Waals surface area contributed by atoms with E-state index in [9.17, 15) is 9.59 Å². The third kappa shape index (κ3) is 1.52. The molecule has 1 fully saturated rings. The van der Waals surface area contributed by atoms with Crippen molar-refractivity contribution in [2.75, 3.05) is 7.05 Å². The Bertz CT molecular complexity index is 772. The summed E-state index contributed by atoms with van der Waals surface area (Å²) in [5, 5.41) is 2.87. The zero-order valence-electron chi connectivity index (χ0n) is 12.2. The van der Waals surface area contributed by atoms with Crippen molar-refractivity contribution >= 4 is 11.8 Å². The van der Waals surface area contributed by atoms with Crippen LogP contribution in [0.4, 0.5) is 0 Å². The fourth-order valence-electron chi connectivity index (χ4n) is 3.80. The van der Waals surface area contributed by atoms with Crippen LogP contribution in [0.5, 0.6) is 0 Å². The summed E-state index contributed by atoms with van der Waals surface area (Å²) in [6, 6.07) is 17.1. The van der Waals surface area contributed by atoms with E-state index in [0.29, 0.717) is 12.0 Å². The number of likely N-dealkylation sites (tertiary alicyclic amines) is 1. The minimum absolute atomic E-state index is 0.0355. The van der Waals surface area contributed by atoms with E-state index in [1.165, 1.54) is 0 Å². The van der Waals surface area contributed by atoms with Gasteiger partial charge in [0.25, 0.3) is 5.91 Å². The fourth-order valence-corrected chi connectivity index (χ4v) is 3.80. The van der Waals surface area contributed by atoms with Gasteiger partial charge in [-0.2, -0.15) is 0 Å². The molecule has 2 bridgehead atoms. The lowest BCUT2D eigenvalue weighted by Gasteiger charge is -2.38. The molecule has 0 aliphatic carbocycles. The third-order valence-corrected chi connectivity index (χ3v) is 4.87. The number of likely N-dealkylation sites (N-methyl/N-ethyl adjacent to an activating group) is 1. The van der Waals surface area contributed by atoms with Crippen LogP contribution in [0.1, 0.15) is 27.9 Å². The molecular formula is C18H16N2O2. The third-order valence-electron chi connectivity index (χ3n) is 4.87. The number of amides is 2. The average Bonchev–Trinajstić information content (AvgIpc) is 2.73. The number of hydrogen-bond donors (Lipinski definition) is 1. The number of rotatable bonds is 1. The number of carbonyl (C=O) groups is 2. The molecule has 4 heteroatoms. The second-order valence-electron chi connectivity index (χ2n) is 5.90. The second-order valence-corrected chi connectivity index (χ2v) is 5.90. The SMILES string of the molecule is CN1C(=O)C2CC1(c1ccccc1)c1ccccc1C(=O)N2. The first-order valence-corrected chi connectivity index (χ1v) is 7.38. The molecule has 4 nitrogen and oxygen atoms in total. The molecular weight excluding hydrogens is 276 g/mol. The first-order chi connectivity index (χ1) is 10.6. The molecule has 2 amide bonds. The van der Waals surface area contributed by atoms with Crippen LogP contribution in [0, 0.1) is 0 Å². The Kier molecular flexibility index (Phi) is 2.64. The van der Waals surface area contributed by atoms with Crippen molar-refractivity contribution in [1.82, 2.24) is 10.2 Å². The molecule has 22 heavy (non-hydrogen) atoms. The van der Waals surface area contributed by atoms with Crippen molar-refractivity contribution in [2.45, 2.75) is 18.0 Å². The van der Waals surface area contributed by atoms with Crippen LogP contribution in [0.3, 0.4) is 0 Å². The number of benzene rings is 2. The fraction of sp³-hybridized carbons (Fsp3) is 0.222. The van der Waals surface area contributed by atoms with Gasteiger partial charge < -0.3 is 10.2 Å². The van der Waals surface area contributed by atoms with Gasteiger partial charge in [0.2, 0.25) is 5.91 Å². The Balaban J connectivity index is 2.06. The van der Waals surface area contributed by atoms with Gasteiger partial charge in [0.1, 0.15) is 6.04 Å². The maximum atomic E-state index is 12.6. The van der Waals surface area contributed by atoms with Crippen molar-refractivity contribution in [2.24, 2.45) is 0 Å². The largest absolute Gasteiger partial charge is 0.340 e. The predicted octanol–water partition coefficient (Wildman–Crippen LogP) is 1.90. The summed E-state index contributed by atoms with van der Waals surface area (Å²) >= 11 is 0. The van der Waals surface area contributed by atoms with E-state index in [1.807, 2.05) is 61.6 Å². The smallest absolute Gasteiger partial charge is 0.252 e. The Morgan fingerprint density at radius 2 is 1.73 bits per heavy atom. The summed E-state index contributed by atoms with van der Waals surface area (Å²) in [5.41, 5.74) is 2.00. The van der Waals surface area contributed by atoms with Crippen molar-refractivity contribution < 1.29 is 9.59 Å². The molecule has 2 aromatic rings. The Morgan fingerprint density at radius 1 is 1.05 bits per heavy atom. The maximum Gasteiger partial charge on any atom is 0.252 e. The van der Waals surface area contributed by atoms with Gasteiger partial charge in [0, 0.05) is 19.0 Å². The van der Waals surface area contributed by atoms with Crippen LogP contribution < -0.4 is 5.32 Å². The van der Waals surface area contributed by atoms with Gasteiger partial charge in [-0.3, -0.25) is 9.59 Å². The van der Waals surface area contributed by atoms with Gasteiger partial charge in [-0.25, -0.2) is 0 Å². The maximum absolute atomic E-state index is 12.6. The van der Waals surface area contributed by atoms with Crippen LogP contribution in [0.15, 0.2) is 54.6 Å². The number of fused-ring (bicyclic) bond motifs is 4. The van der Waals surface area contributed by atoms with Crippen molar-refractivity contribution in [3.8, 4) is 0 Å². The summed E-state index contributed by atoms with van der Waals surface area (Å²) in [6.45, 7) is 0. The van der Waals surface area contributed by atoms with E-state index in [4.69, 9.17) is 0 Å². The Hall–Kier alpha value is -2.62. The van der Waals surface area contributed by atoms with Crippen LogP contribution in [0.25, 0.3) is 0 Å². The van der Waals surface area contributed by atoms with Gasteiger partial charge in [-0.15, -0.1) is 0 Å². The molecule has 110 valence electrons. The van der Waals surface area contributed by atoms with E-state index < -0.39 is 11.6 Å². The summed E-state index contributed by atoms with van der Waals surface area (Å²) in [5.74, 6) is -0.202. The van der Waals surface area contributed by atoms with E-state index in [1.54, 1.807) is 4.90 Å². The number of hydrogen-bond acceptors (Lipinski definition) is 2. The van der Waals surface area contributed by atoms with E-state index in [2.05, 4.69) is 5.32 Å². The summed E-state index contributed by atoms with van der Waals surface area (Å²) in [7, 11) is 1.82. The van der Waals surface area contributed by atoms with Gasteiger partial charge in [0.15, 0.2) is 0 Å². The average molecular weight is 292 g/mol. The Labute approximate surface area is 128 Å². The summed E-state index contributed by atoms with van der Waals surface area (Å²) in [6.07, 6.45) is 0.565. The molecule has 2 aromatic carbocycles. The number of carbonyl (C=O) groups excluding carboxylic acids is 2. The molecule has 2 aliphatic heterocycles. The lowest BCUT2D eigenvalue weighted by Crippen LogP contribution is -2.46. The molecule has 0 aromatic heterocycles. The van der Waals surface area contributed by atoms with Crippen LogP contribution >= 0.6 is 0 Å². The zero-order valence-corrected chi connectivity index (χ0v) is 12.2. The first-order valence-electron chi connectivity index (χ1n) is 7.38. The van der Waals surface area contributed by atoms with E-state index >= 15 is 0 Å². The number of nitrogens with one attached hydrogen (secondary N) is 1. The minimum atomic E-state index is -0.585. The van der Waals surface area contributed by atoms with Gasteiger partial charge in [0.05, 0.1) is 5.54 Å². The van der Waals surface area contributed by atoms with E-state index in [0.717, 1.165) is 11.1 Å². The molecule has 2 atom stereocenters. The highest BCUT2D eigenvalue weighted by Crippen LogP contribution is 2.46.